The summed E-state index contributed by atoms with van der Waals surface area (Å²) < 4.78 is 18.3. The maximum Gasteiger partial charge on any atom is 0.254 e. The summed E-state index contributed by atoms with van der Waals surface area (Å²) in [5.74, 6) is 0.396. The Morgan fingerprint density at radius 2 is 1.72 bits per heavy atom. The van der Waals surface area contributed by atoms with Gasteiger partial charge in [0.25, 0.3) is 5.91 Å². The summed E-state index contributed by atoms with van der Waals surface area (Å²) in [6.07, 6.45) is 2.03. The number of hydrogen-bond acceptors (Lipinski definition) is 5. The Bertz CT molecular complexity index is 1510. The average Bonchev–Trinajstić information content (AvgIpc) is 3.31. The summed E-state index contributed by atoms with van der Waals surface area (Å²) in [5.41, 5.74) is 3.99. The van der Waals surface area contributed by atoms with Gasteiger partial charge in [-0.05, 0) is 35.9 Å². The van der Waals surface area contributed by atoms with Gasteiger partial charge in [0.1, 0.15) is 11.5 Å². The van der Waals surface area contributed by atoms with Crippen LogP contribution in [0.15, 0.2) is 72.9 Å². The normalized spacial score (nSPS) is 16.7. The van der Waals surface area contributed by atoms with E-state index in [4.69, 9.17) is 14.2 Å². The molecule has 1 aliphatic rings. The summed E-state index contributed by atoms with van der Waals surface area (Å²) in [6, 6.07) is 20.4. The second-order valence-electron chi connectivity index (χ2n) is 9.61. The minimum atomic E-state index is -0.641. The second-order valence-corrected chi connectivity index (χ2v) is 9.61. The maximum atomic E-state index is 14.2. The van der Waals surface area contributed by atoms with Gasteiger partial charge in [-0.2, -0.15) is 0 Å². The fourth-order valence-corrected chi connectivity index (χ4v) is 5.58. The summed E-state index contributed by atoms with van der Waals surface area (Å²) in [5, 5.41) is 4.14. The molecule has 4 aromatic rings. The van der Waals surface area contributed by atoms with Gasteiger partial charge in [0.15, 0.2) is 0 Å². The van der Waals surface area contributed by atoms with Crippen molar-refractivity contribution < 1.29 is 23.8 Å². The number of carbonyl (C=O) groups is 2. The van der Waals surface area contributed by atoms with Crippen molar-refractivity contribution in [3.8, 4) is 11.5 Å². The number of nitrogens with one attached hydrogen (secondary N) is 1. The monoisotopic (exact) mass is 527 g/mol. The molecular formula is C31H33N3O5. The van der Waals surface area contributed by atoms with Crippen LogP contribution in [0.4, 0.5) is 0 Å². The van der Waals surface area contributed by atoms with Crippen molar-refractivity contribution in [2.24, 2.45) is 7.05 Å². The van der Waals surface area contributed by atoms with E-state index in [1.54, 1.807) is 32.3 Å². The van der Waals surface area contributed by atoms with Crippen molar-refractivity contribution in [1.82, 2.24) is 14.8 Å². The first-order valence-corrected chi connectivity index (χ1v) is 12.9. The first-order valence-electron chi connectivity index (χ1n) is 12.9. The first-order chi connectivity index (χ1) is 19.0. The van der Waals surface area contributed by atoms with Gasteiger partial charge in [-0.3, -0.25) is 9.59 Å². The highest BCUT2D eigenvalue weighted by molar-refractivity contribution is 6.02. The van der Waals surface area contributed by atoms with E-state index in [-0.39, 0.29) is 18.4 Å². The number of carbonyl (C=O) groups excluding carboxylic acids is 2. The Morgan fingerprint density at radius 3 is 2.49 bits per heavy atom. The van der Waals surface area contributed by atoms with Crippen LogP contribution in [-0.4, -0.2) is 55.8 Å². The largest absolute Gasteiger partial charge is 0.497 e. The zero-order valence-corrected chi connectivity index (χ0v) is 22.6. The summed E-state index contributed by atoms with van der Waals surface area (Å²) >= 11 is 0. The standard InChI is InChI=1S/C31H33N3O5/c1-33-19-25(22-9-7-8-12-26(22)33)29-28(23-10-5-6-11-24(23)31(36)34(29)15-16-37-2)30(35)32-18-20-17-21(38-3)13-14-27(20)39-4/h5-14,17,19,28-29H,15-16,18H2,1-4H3,(H,32,35). The van der Waals surface area contributed by atoms with E-state index in [0.717, 1.165) is 22.0 Å². The van der Waals surface area contributed by atoms with Crippen molar-refractivity contribution in [3.63, 3.8) is 0 Å². The van der Waals surface area contributed by atoms with Gasteiger partial charge in [-0.25, -0.2) is 0 Å². The zero-order chi connectivity index (χ0) is 27.5. The van der Waals surface area contributed by atoms with E-state index in [2.05, 4.69) is 5.32 Å². The molecule has 0 saturated carbocycles. The molecule has 2 atom stereocenters. The Morgan fingerprint density at radius 1 is 0.949 bits per heavy atom. The number of fused-ring (bicyclic) bond motifs is 2. The van der Waals surface area contributed by atoms with Crippen molar-refractivity contribution in [3.05, 3.63) is 95.2 Å². The van der Waals surface area contributed by atoms with E-state index in [1.165, 1.54) is 0 Å². The number of amides is 2. The number of aryl methyl sites for hydroxylation is 1. The third kappa shape index (κ3) is 4.83. The van der Waals surface area contributed by atoms with E-state index >= 15 is 0 Å². The Labute approximate surface area is 228 Å². The van der Waals surface area contributed by atoms with Gasteiger partial charge in [0.05, 0.1) is 32.8 Å². The highest BCUT2D eigenvalue weighted by Crippen LogP contribution is 2.45. The van der Waals surface area contributed by atoms with Gasteiger partial charge in [0.2, 0.25) is 5.91 Å². The van der Waals surface area contributed by atoms with Crippen LogP contribution in [0.3, 0.4) is 0 Å². The minimum absolute atomic E-state index is 0.112. The molecule has 1 aromatic heterocycles. The highest BCUT2D eigenvalue weighted by Gasteiger charge is 2.45. The number of aromatic nitrogens is 1. The van der Waals surface area contributed by atoms with Gasteiger partial charge in [-0.1, -0.05) is 36.4 Å². The lowest BCUT2D eigenvalue weighted by Gasteiger charge is -2.41. The smallest absolute Gasteiger partial charge is 0.254 e. The molecule has 2 heterocycles. The molecule has 2 amide bonds. The van der Waals surface area contributed by atoms with Crippen LogP contribution in [0, 0.1) is 0 Å². The maximum absolute atomic E-state index is 14.2. The molecule has 3 aromatic carbocycles. The molecule has 0 fully saturated rings. The summed E-state index contributed by atoms with van der Waals surface area (Å²) in [4.78, 5) is 29.8. The van der Waals surface area contributed by atoms with Crippen LogP contribution in [0.1, 0.15) is 39.0 Å². The quantitative estimate of drug-likeness (QED) is 0.348. The Balaban J connectivity index is 1.61. The molecule has 0 spiro atoms. The van der Waals surface area contributed by atoms with Gasteiger partial charge < -0.3 is 29.0 Å². The van der Waals surface area contributed by atoms with E-state index in [9.17, 15) is 9.59 Å². The van der Waals surface area contributed by atoms with Crippen LogP contribution in [0.5, 0.6) is 11.5 Å². The molecule has 1 N–H and O–H groups in total. The molecule has 202 valence electrons. The second kappa shape index (κ2) is 11.2. The molecule has 8 heteroatoms. The molecule has 39 heavy (non-hydrogen) atoms. The minimum Gasteiger partial charge on any atom is -0.497 e. The zero-order valence-electron chi connectivity index (χ0n) is 22.6. The number of para-hydroxylation sites is 1. The van der Waals surface area contributed by atoms with Gasteiger partial charge in [0, 0.05) is 61.0 Å². The fraction of sp³-hybridized carbons (Fsp3) is 0.290. The number of nitrogens with zero attached hydrogens (tertiary/aromatic N) is 2. The van der Waals surface area contributed by atoms with Crippen LogP contribution in [0.25, 0.3) is 10.9 Å². The van der Waals surface area contributed by atoms with Crippen molar-refractivity contribution >= 4 is 22.7 Å². The van der Waals surface area contributed by atoms with Crippen LogP contribution < -0.4 is 14.8 Å². The summed E-state index contributed by atoms with van der Waals surface area (Å²) in [6.45, 7) is 0.946. The van der Waals surface area contributed by atoms with Crippen LogP contribution in [-0.2, 0) is 23.1 Å². The topological polar surface area (TPSA) is 82.0 Å². The lowest BCUT2D eigenvalue weighted by atomic mass is 9.79. The summed E-state index contributed by atoms with van der Waals surface area (Å²) in [7, 11) is 6.79. The number of rotatable bonds is 9. The highest BCUT2D eigenvalue weighted by atomic mass is 16.5. The molecule has 0 aliphatic carbocycles. The van der Waals surface area contributed by atoms with Crippen LogP contribution >= 0.6 is 0 Å². The molecule has 2 unspecified atom stereocenters. The number of benzene rings is 3. The fourth-order valence-electron chi connectivity index (χ4n) is 5.58. The molecule has 5 rings (SSSR count). The number of methoxy groups -OCH3 is 3. The third-order valence-corrected chi connectivity index (χ3v) is 7.44. The van der Waals surface area contributed by atoms with Gasteiger partial charge >= 0.3 is 0 Å². The molecule has 0 bridgehead atoms. The molecular weight excluding hydrogens is 494 g/mol. The SMILES string of the molecule is COCCN1C(=O)c2ccccc2C(C(=O)NCc2cc(OC)ccc2OC)C1c1cn(C)c2ccccc12. The predicted molar refractivity (Wildman–Crippen MR) is 149 cm³/mol. The average molecular weight is 528 g/mol. The molecule has 8 nitrogen and oxygen atoms in total. The van der Waals surface area contributed by atoms with E-state index < -0.39 is 12.0 Å². The predicted octanol–water partition coefficient (Wildman–Crippen LogP) is 4.44. The molecule has 0 saturated heterocycles. The van der Waals surface area contributed by atoms with Gasteiger partial charge in [-0.15, -0.1) is 0 Å². The lowest BCUT2D eigenvalue weighted by molar-refractivity contribution is -0.124. The van der Waals surface area contributed by atoms with Crippen molar-refractivity contribution in [1.29, 1.82) is 0 Å². The third-order valence-electron chi connectivity index (χ3n) is 7.44. The Hall–Kier alpha value is -4.30. The van der Waals surface area contributed by atoms with Crippen molar-refractivity contribution in [2.75, 3.05) is 34.5 Å². The van der Waals surface area contributed by atoms with E-state index in [1.807, 2.05) is 78.5 Å². The van der Waals surface area contributed by atoms with Crippen LogP contribution in [0.2, 0.25) is 0 Å². The van der Waals surface area contributed by atoms with Crippen molar-refractivity contribution in [2.45, 2.75) is 18.5 Å². The number of ether oxygens (including phenoxy) is 3. The van der Waals surface area contributed by atoms with E-state index in [0.29, 0.717) is 35.8 Å². The molecule has 1 aliphatic heterocycles. The number of hydrogen-bond donors (Lipinski definition) is 1. The Kier molecular flexibility index (Phi) is 7.56. The first kappa shape index (κ1) is 26.3. The molecule has 0 radical (unpaired) electrons. The lowest BCUT2D eigenvalue weighted by Crippen LogP contribution is -2.48.